The number of nitrogens with zero attached hydrogens (tertiary/aromatic N) is 3. The van der Waals surface area contributed by atoms with Gasteiger partial charge in [0.05, 0.1) is 25.6 Å². The lowest BCUT2D eigenvalue weighted by Gasteiger charge is -2.40. The highest BCUT2D eigenvalue weighted by atomic mass is 19.3. The van der Waals surface area contributed by atoms with Crippen molar-refractivity contribution in [1.29, 1.82) is 0 Å². The minimum atomic E-state index is -2.72. The number of ether oxygens (including phenoxy) is 1. The molecule has 2 aliphatic heterocycles. The van der Waals surface area contributed by atoms with Gasteiger partial charge in [0.25, 0.3) is 11.8 Å². The zero-order chi connectivity index (χ0) is 20.1. The van der Waals surface area contributed by atoms with Gasteiger partial charge in [-0.3, -0.25) is 9.59 Å². The van der Waals surface area contributed by atoms with E-state index >= 15 is 0 Å². The van der Waals surface area contributed by atoms with Gasteiger partial charge in [-0.25, -0.2) is 13.8 Å². The number of alkyl halides is 2. The molecule has 2 saturated heterocycles. The topological polar surface area (TPSA) is 83.0 Å². The third-order valence-corrected chi connectivity index (χ3v) is 5.61. The summed E-state index contributed by atoms with van der Waals surface area (Å²) in [5, 5.41) is 9.26. The number of anilines is 1. The monoisotopic (exact) mass is 395 g/mol. The van der Waals surface area contributed by atoms with E-state index in [4.69, 9.17) is 4.74 Å². The van der Waals surface area contributed by atoms with Gasteiger partial charge in [0.1, 0.15) is 11.4 Å². The lowest BCUT2D eigenvalue weighted by Crippen LogP contribution is -2.56. The third kappa shape index (κ3) is 3.74. The minimum Gasteiger partial charge on any atom is -0.481 e. The highest BCUT2D eigenvalue weighted by Crippen LogP contribution is 2.38. The number of carboxylic acid groups (broad SMARTS) is 1. The fourth-order valence-electron chi connectivity index (χ4n) is 3.68. The molecule has 1 aliphatic carbocycles. The van der Waals surface area contributed by atoms with Gasteiger partial charge >= 0.3 is 5.97 Å². The Bertz CT molecular complexity index is 791. The molecule has 0 bridgehead atoms. The zero-order valence-electron chi connectivity index (χ0n) is 15.6. The maximum Gasteiger partial charge on any atom is 0.308 e. The molecule has 1 saturated carbocycles. The lowest BCUT2D eigenvalue weighted by molar-refractivity contribution is -0.142. The van der Waals surface area contributed by atoms with E-state index in [0.717, 1.165) is 12.8 Å². The quantitative estimate of drug-likeness (QED) is 0.795. The number of carbonyl (C=O) groups is 2. The van der Waals surface area contributed by atoms with Gasteiger partial charge in [0, 0.05) is 13.1 Å². The van der Waals surface area contributed by atoms with Crippen LogP contribution in [-0.2, 0) is 4.79 Å². The summed E-state index contributed by atoms with van der Waals surface area (Å²) in [6, 6.07) is 3.09. The second-order valence-electron chi connectivity index (χ2n) is 8.12. The first-order valence-corrected chi connectivity index (χ1v) is 9.52. The standard InChI is InChI=1S/C19H23F2N3O4/c1-11-6-23(7-13(11)18(26)27)17(25)14-4-5-15(24-9-19(20,21)10-24)16(22-14)28-8-12-2-3-12/h4-5,11-13H,2-3,6-10H2,1H3,(H,26,27). The summed E-state index contributed by atoms with van der Waals surface area (Å²) in [6.07, 6.45) is 2.13. The second kappa shape index (κ2) is 6.86. The number of aliphatic carboxylic acids is 1. The minimum absolute atomic E-state index is 0.134. The van der Waals surface area contributed by atoms with Crippen LogP contribution in [0.25, 0.3) is 0 Å². The Labute approximate surface area is 161 Å². The largest absolute Gasteiger partial charge is 0.481 e. The molecule has 1 aromatic heterocycles. The molecule has 7 nitrogen and oxygen atoms in total. The van der Waals surface area contributed by atoms with Crippen LogP contribution in [0.2, 0.25) is 0 Å². The Morgan fingerprint density at radius 2 is 2.00 bits per heavy atom. The van der Waals surface area contributed by atoms with Gasteiger partial charge in [0.15, 0.2) is 0 Å². The highest BCUT2D eigenvalue weighted by Gasteiger charge is 2.45. The molecule has 2 atom stereocenters. The van der Waals surface area contributed by atoms with E-state index in [1.54, 1.807) is 13.0 Å². The van der Waals surface area contributed by atoms with Gasteiger partial charge in [-0.1, -0.05) is 6.92 Å². The zero-order valence-corrected chi connectivity index (χ0v) is 15.6. The molecular formula is C19H23F2N3O4. The highest BCUT2D eigenvalue weighted by molar-refractivity contribution is 5.93. The predicted octanol–water partition coefficient (Wildman–Crippen LogP) is 2.12. The number of carboxylic acids is 1. The molecule has 1 amide bonds. The van der Waals surface area contributed by atoms with E-state index in [1.807, 2.05) is 0 Å². The number of carbonyl (C=O) groups excluding carboxylic acids is 1. The first-order valence-electron chi connectivity index (χ1n) is 9.52. The SMILES string of the molecule is CC1CN(C(=O)c2ccc(N3CC(F)(F)C3)c(OCC3CC3)n2)CC1C(=O)O. The summed E-state index contributed by atoms with van der Waals surface area (Å²) in [7, 11) is 0. The maximum absolute atomic E-state index is 13.3. The van der Waals surface area contributed by atoms with Crippen LogP contribution in [-0.4, -0.2) is 65.6 Å². The molecule has 152 valence electrons. The number of hydrogen-bond acceptors (Lipinski definition) is 5. The van der Waals surface area contributed by atoms with Gasteiger partial charge in [-0.15, -0.1) is 0 Å². The lowest BCUT2D eigenvalue weighted by atomic mass is 9.99. The second-order valence-corrected chi connectivity index (χ2v) is 8.12. The van der Waals surface area contributed by atoms with Crippen molar-refractivity contribution in [3.05, 3.63) is 17.8 Å². The molecule has 28 heavy (non-hydrogen) atoms. The number of halogens is 2. The third-order valence-electron chi connectivity index (χ3n) is 5.61. The Morgan fingerprint density at radius 1 is 1.29 bits per heavy atom. The van der Waals surface area contributed by atoms with Crippen LogP contribution in [0.1, 0.15) is 30.3 Å². The van der Waals surface area contributed by atoms with Crippen LogP contribution < -0.4 is 9.64 Å². The Kier molecular flexibility index (Phi) is 4.63. The van der Waals surface area contributed by atoms with Crippen LogP contribution in [0.3, 0.4) is 0 Å². The molecule has 0 radical (unpaired) electrons. The fraction of sp³-hybridized carbons (Fsp3) is 0.632. The summed E-state index contributed by atoms with van der Waals surface area (Å²) < 4.78 is 32.3. The van der Waals surface area contributed by atoms with E-state index in [0.29, 0.717) is 24.8 Å². The molecule has 1 aromatic rings. The number of hydrogen-bond donors (Lipinski definition) is 1. The normalized spacial score (nSPS) is 26.1. The van der Waals surface area contributed by atoms with E-state index in [2.05, 4.69) is 4.98 Å². The summed E-state index contributed by atoms with van der Waals surface area (Å²) in [4.78, 5) is 31.4. The van der Waals surface area contributed by atoms with Crippen molar-refractivity contribution in [2.75, 3.05) is 37.7 Å². The molecule has 1 N–H and O–H groups in total. The summed E-state index contributed by atoms with van der Waals surface area (Å²) in [5.74, 6) is -4.12. The van der Waals surface area contributed by atoms with Crippen molar-refractivity contribution in [2.45, 2.75) is 25.7 Å². The van der Waals surface area contributed by atoms with E-state index in [9.17, 15) is 23.5 Å². The molecule has 3 heterocycles. The molecule has 0 aromatic carbocycles. The van der Waals surface area contributed by atoms with E-state index in [1.165, 1.54) is 15.9 Å². The van der Waals surface area contributed by atoms with Gasteiger partial charge in [0.2, 0.25) is 5.88 Å². The average Bonchev–Trinajstić information content (AvgIpc) is 3.36. The predicted molar refractivity (Wildman–Crippen MR) is 95.8 cm³/mol. The van der Waals surface area contributed by atoms with Gasteiger partial charge in [-0.2, -0.15) is 0 Å². The molecular weight excluding hydrogens is 372 g/mol. The molecule has 4 rings (SSSR count). The Hall–Kier alpha value is -2.45. The van der Waals surface area contributed by atoms with Crippen molar-refractivity contribution in [1.82, 2.24) is 9.88 Å². The molecule has 3 aliphatic rings. The fourth-order valence-corrected chi connectivity index (χ4v) is 3.68. The molecule has 0 spiro atoms. The first-order chi connectivity index (χ1) is 13.2. The van der Waals surface area contributed by atoms with E-state index < -0.39 is 30.9 Å². The van der Waals surface area contributed by atoms with Gasteiger partial charge < -0.3 is 19.6 Å². The summed E-state index contributed by atoms with van der Waals surface area (Å²) >= 11 is 0. The van der Waals surface area contributed by atoms with Crippen molar-refractivity contribution < 1.29 is 28.2 Å². The number of amides is 1. The molecule has 3 fully saturated rings. The van der Waals surface area contributed by atoms with Crippen molar-refractivity contribution >= 4 is 17.6 Å². The van der Waals surface area contributed by atoms with Crippen LogP contribution >= 0.6 is 0 Å². The average molecular weight is 395 g/mol. The maximum atomic E-state index is 13.3. The molecule has 9 heteroatoms. The Balaban J connectivity index is 1.53. The van der Waals surface area contributed by atoms with Crippen LogP contribution in [0.5, 0.6) is 5.88 Å². The van der Waals surface area contributed by atoms with Crippen LogP contribution in [0.4, 0.5) is 14.5 Å². The summed E-state index contributed by atoms with van der Waals surface area (Å²) in [6.45, 7) is 1.93. The van der Waals surface area contributed by atoms with Crippen molar-refractivity contribution in [3.63, 3.8) is 0 Å². The Morgan fingerprint density at radius 3 is 2.57 bits per heavy atom. The number of pyridine rings is 1. The van der Waals surface area contributed by atoms with Gasteiger partial charge in [-0.05, 0) is 36.8 Å². The molecule has 2 unspecified atom stereocenters. The van der Waals surface area contributed by atoms with E-state index in [-0.39, 0.29) is 29.9 Å². The van der Waals surface area contributed by atoms with Crippen molar-refractivity contribution in [2.24, 2.45) is 17.8 Å². The summed E-state index contributed by atoms with van der Waals surface area (Å²) in [5.41, 5.74) is 0.599. The number of rotatable bonds is 6. The first kappa shape index (κ1) is 18.9. The van der Waals surface area contributed by atoms with Crippen molar-refractivity contribution in [3.8, 4) is 5.88 Å². The number of aromatic nitrogens is 1. The smallest absolute Gasteiger partial charge is 0.308 e. The van der Waals surface area contributed by atoms with Crippen LogP contribution in [0.15, 0.2) is 12.1 Å². The van der Waals surface area contributed by atoms with Crippen LogP contribution in [0, 0.1) is 17.8 Å². The number of likely N-dealkylation sites (tertiary alicyclic amines) is 1.